The molecule has 3 rings (SSSR count). The Morgan fingerprint density at radius 2 is 1.82 bits per heavy atom. The van der Waals surface area contributed by atoms with Gasteiger partial charge in [-0.05, 0) is 57.2 Å². The largest absolute Gasteiger partial charge is 0.494 e. The molecule has 0 spiro atoms. The van der Waals surface area contributed by atoms with Gasteiger partial charge in [0.15, 0.2) is 0 Å². The molecule has 1 heterocycles. The molecule has 0 aromatic heterocycles. The molecule has 0 bridgehead atoms. The number of carbonyl (C=O) groups is 2. The number of rotatable bonds is 6. The van der Waals surface area contributed by atoms with E-state index in [0.29, 0.717) is 26.1 Å². The molecular formula is C22H27N3O3. The molecule has 6 heteroatoms. The van der Waals surface area contributed by atoms with Crippen molar-refractivity contribution in [3.63, 3.8) is 0 Å². The van der Waals surface area contributed by atoms with Crippen molar-refractivity contribution in [3.8, 4) is 5.75 Å². The van der Waals surface area contributed by atoms with E-state index in [9.17, 15) is 9.59 Å². The zero-order valence-corrected chi connectivity index (χ0v) is 16.6. The summed E-state index contributed by atoms with van der Waals surface area (Å²) in [5.74, 6) is 0.802. The third kappa shape index (κ3) is 4.44. The van der Waals surface area contributed by atoms with E-state index in [2.05, 4.69) is 5.32 Å². The molecule has 148 valence electrons. The first-order valence-electron chi connectivity index (χ1n) is 9.69. The number of ether oxygens (including phenoxy) is 1. The quantitative estimate of drug-likeness (QED) is 0.829. The average molecular weight is 381 g/mol. The SMILES string of the molecule is CCOc1ccc(N(CC)C(=O)N[C@H]2CC(=O)N(c3ccc(C)cc3)C2)cc1. The van der Waals surface area contributed by atoms with Crippen LogP contribution in [-0.2, 0) is 4.79 Å². The molecular weight excluding hydrogens is 354 g/mol. The normalized spacial score (nSPS) is 16.2. The van der Waals surface area contributed by atoms with Crippen molar-refractivity contribution in [1.29, 1.82) is 0 Å². The summed E-state index contributed by atoms with van der Waals surface area (Å²) in [5.41, 5.74) is 2.81. The van der Waals surface area contributed by atoms with Crippen LogP contribution in [0.3, 0.4) is 0 Å². The Hall–Kier alpha value is -3.02. The number of carbonyl (C=O) groups excluding carboxylic acids is 2. The van der Waals surface area contributed by atoms with Gasteiger partial charge in [-0.1, -0.05) is 17.7 Å². The molecule has 1 atom stereocenters. The number of urea groups is 1. The molecule has 1 saturated heterocycles. The van der Waals surface area contributed by atoms with Crippen molar-refractivity contribution in [2.24, 2.45) is 0 Å². The van der Waals surface area contributed by atoms with Gasteiger partial charge in [-0.15, -0.1) is 0 Å². The first kappa shape index (κ1) is 19.7. The standard InChI is InChI=1S/C22H27N3O3/c1-4-24(18-10-12-20(13-11-18)28-5-2)22(27)23-17-14-21(26)25(15-17)19-8-6-16(3)7-9-19/h6-13,17H,4-5,14-15H2,1-3H3,(H,23,27)/t17-/m0/s1. The summed E-state index contributed by atoms with van der Waals surface area (Å²) in [5, 5.41) is 3.00. The zero-order valence-electron chi connectivity index (χ0n) is 16.6. The Kier molecular flexibility index (Phi) is 6.19. The van der Waals surface area contributed by atoms with Crippen molar-refractivity contribution in [3.05, 3.63) is 54.1 Å². The molecule has 0 unspecified atom stereocenters. The van der Waals surface area contributed by atoms with Crippen LogP contribution in [0.1, 0.15) is 25.8 Å². The Morgan fingerprint density at radius 3 is 2.43 bits per heavy atom. The monoisotopic (exact) mass is 381 g/mol. The Labute approximate surface area is 166 Å². The van der Waals surface area contributed by atoms with Gasteiger partial charge < -0.3 is 15.0 Å². The highest BCUT2D eigenvalue weighted by atomic mass is 16.5. The van der Waals surface area contributed by atoms with E-state index in [1.807, 2.05) is 69.3 Å². The summed E-state index contributed by atoms with van der Waals surface area (Å²) in [6.07, 6.45) is 0.306. The van der Waals surface area contributed by atoms with Gasteiger partial charge in [0.25, 0.3) is 0 Å². The lowest BCUT2D eigenvalue weighted by Crippen LogP contribution is -2.46. The number of nitrogens with one attached hydrogen (secondary N) is 1. The molecule has 0 saturated carbocycles. The summed E-state index contributed by atoms with van der Waals surface area (Å²) in [7, 11) is 0. The molecule has 1 N–H and O–H groups in total. The Balaban J connectivity index is 1.64. The van der Waals surface area contributed by atoms with Crippen molar-refractivity contribution < 1.29 is 14.3 Å². The third-order valence-corrected chi connectivity index (χ3v) is 4.82. The second-order valence-electron chi connectivity index (χ2n) is 6.86. The fraction of sp³-hybridized carbons (Fsp3) is 0.364. The van der Waals surface area contributed by atoms with E-state index >= 15 is 0 Å². The summed E-state index contributed by atoms with van der Waals surface area (Å²) in [6.45, 7) is 7.48. The van der Waals surface area contributed by atoms with E-state index in [0.717, 1.165) is 22.7 Å². The van der Waals surface area contributed by atoms with Crippen LogP contribution in [0.15, 0.2) is 48.5 Å². The lowest BCUT2D eigenvalue weighted by molar-refractivity contribution is -0.117. The maximum absolute atomic E-state index is 12.8. The topological polar surface area (TPSA) is 61.9 Å². The van der Waals surface area contributed by atoms with E-state index < -0.39 is 0 Å². The number of nitrogens with zero attached hydrogens (tertiary/aromatic N) is 2. The maximum atomic E-state index is 12.8. The number of hydrogen-bond donors (Lipinski definition) is 1. The summed E-state index contributed by atoms with van der Waals surface area (Å²) in [6, 6.07) is 14.9. The molecule has 1 aliphatic heterocycles. The maximum Gasteiger partial charge on any atom is 0.322 e. The second kappa shape index (κ2) is 8.78. The highest BCUT2D eigenvalue weighted by Crippen LogP contribution is 2.23. The number of amides is 3. The van der Waals surface area contributed by atoms with Gasteiger partial charge in [-0.25, -0.2) is 4.79 Å². The number of benzene rings is 2. The van der Waals surface area contributed by atoms with Gasteiger partial charge in [0, 0.05) is 30.9 Å². The summed E-state index contributed by atoms with van der Waals surface area (Å²) >= 11 is 0. The fourth-order valence-corrected chi connectivity index (χ4v) is 3.36. The fourth-order valence-electron chi connectivity index (χ4n) is 3.36. The molecule has 3 amide bonds. The van der Waals surface area contributed by atoms with Crippen LogP contribution >= 0.6 is 0 Å². The van der Waals surface area contributed by atoms with E-state index in [1.165, 1.54) is 0 Å². The number of anilines is 2. The molecule has 1 fully saturated rings. The van der Waals surface area contributed by atoms with Gasteiger partial charge in [0.2, 0.25) is 5.91 Å². The molecule has 0 radical (unpaired) electrons. The van der Waals surface area contributed by atoms with Crippen molar-refractivity contribution in [1.82, 2.24) is 5.32 Å². The van der Waals surface area contributed by atoms with Crippen LogP contribution in [0, 0.1) is 6.92 Å². The van der Waals surface area contributed by atoms with Gasteiger partial charge in [0.1, 0.15) is 5.75 Å². The van der Waals surface area contributed by atoms with E-state index in [1.54, 1.807) is 9.80 Å². The second-order valence-corrected chi connectivity index (χ2v) is 6.86. The lowest BCUT2D eigenvalue weighted by atomic mass is 10.2. The predicted octanol–water partition coefficient (Wildman–Crippen LogP) is 3.74. The van der Waals surface area contributed by atoms with E-state index in [4.69, 9.17) is 4.74 Å². The van der Waals surface area contributed by atoms with Crippen molar-refractivity contribution in [2.45, 2.75) is 33.2 Å². The minimum atomic E-state index is -0.210. The first-order valence-corrected chi connectivity index (χ1v) is 9.69. The van der Waals surface area contributed by atoms with Crippen LogP contribution in [-0.4, -0.2) is 37.7 Å². The van der Waals surface area contributed by atoms with Gasteiger partial charge in [-0.2, -0.15) is 0 Å². The van der Waals surface area contributed by atoms with Crippen LogP contribution in [0.25, 0.3) is 0 Å². The highest BCUT2D eigenvalue weighted by molar-refractivity contribution is 5.98. The zero-order chi connectivity index (χ0) is 20.1. The number of aryl methyl sites for hydroxylation is 1. The Morgan fingerprint density at radius 1 is 1.14 bits per heavy atom. The van der Waals surface area contributed by atoms with Gasteiger partial charge >= 0.3 is 6.03 Å². The van der Waals surface area contributed by atoms with Crippen LogP contribution in [0.4, 0.5) is 16.2 Å². The minimum Gasteiger partial charge on any atom is -0.494 e. The first-order chi connectivity index (χ1) is 13.5. The third-order valence-electron chi connectivity index (χ3n) is 4.82. The number of hydrogen-bond acceptors (Lipinski definition) is 3. The van der Waals surface area contributed by atoms with Gasteiger partial charge in [0.05, 0.1) is 12.6 Å². The van der Waals surface area contributed by atoms with Crippen molar-refractivity contribution >= 4 is 23.3 Å². The molecule has 0 aliphatic carbocycles. The molecule has 6 nitrogen and oxygen atoms in total. The van der Waals surface area contributed by atoms with Crippen LogP contribution in [0.2, 0.25) is 0 Å². The molecule has 1 aliphatic rings. The van der Waals surface area contributed by atoms with Crippen molar-refractivity contribution in [2.75, 3.05) is 29.5 Å². The predicted molar refractivity (Wildman–Crippen MR) is 111 cm³/mol. The van der Waals surface area contributed by atoms with Gasteiger partial charge in [-0.3, -0.25) is 9.69 Å². The van der Waals surface area contributed by atoms with Crippen LogP contribution in [0.5, 0.6) is 5.75 Å². The molecule has 28 heavy (non-hydrogen) atoms. The lowest BCUT2D eigenvalue weighted by Gasteiger charge is -2.24. The smallest absolute Gasteiger partial charge is 0.322 e. The minimum absolute atomic E-state index is 0.0262. The average Bonchev–Trinajstić information content (AvgIpc) is 3.04. The molecule has 2 aromatic carbocycles. The van der Waals surface area contributed by atoms with E-state index in [-0.39, 0.29) is 18.0 Å². The molecule has 2 aromatic rings. The summed E-state index contributed by atoms with van der Waals surface area (Å²) in [4.78, 5) is 28.6. The Bertz CT molecular complexity index is 818. The summed E-state index contributed by atoms with van der Waals surface area (Å²) < 4.78 is 5.45. The van der Waals surface area contributed by atoms with Crippen LogP contribution < -0.4 is 19.9 Å². The highest BCUT2D eigenvalue weighted by Gasteiger charge is 2.32.